The Labute approximate surface area is 149 Å². The van der Waals surface area contributed by atoms with Gasteiger partial charge in [-0.2, -0.15) is 0 Å². The lowest BCUT2D eigenvalue weighted by Crippen LogP contribution is -2.68. The summed E-state index contributed by atoms with van der Waals surface area (Å²) in [6.45, 7) is 5.71. The van der Waals surface area contributed by atoms with E-state index < -0.39 is 34.4 Å². The first-order valence-corrected chi connectivity index (χ1v) is 9.30. The number of carboxylic acid groups (broad SMARTS) is 1. The Morgan fingerprint density at radius 3 is 2.68 bits per heavy atom. The molecule has 25 heavy (non-hydrogen) atoms. The number of carbonyl (C=O) groups is 1. The van der Waals surface area contributed by atoms with E-state index in [4.69, 9.17) is 4.42 Å². The topological polar surface area (TPSA) is 90.9 Å². The third kappa shape index (κ3) is 2.63. The van der Waals surface area contributed by atoms with Gasteiger partial charge >= 0.3 is 5.97 Å². The third-order valence-electron chi connectivity index (χ3n) is 7.41. The maximum atomic E-state index is 12.1. The van der Waals surface area contributed by atoms with Gasteiger partial charge in [0.1, 0.15) is 0 Å². The Hall–Kier alpha value is -1.33. The standard InChI is InChI=1S/C20H30O5/c1-13-11-15(21)16-18(2,17(22)23)7-4-8-19(16,3)20(13,24)9-5-14-6-10-25-12-14/h6,10,12-13,15-16,21,24H,4-5,7-9,11H2,1-3H3,(H,22,23)/t13-,15-,16?,18+,19+,20-/m1/s1. The highest BCUT2D eigenvalue weighted by molar-refractivity contribution is 5.75. The van der Waals surface area contributed by atoms with Crippen LogP contribution in [0.3, 0.4) is 0 Å². The molecule has 3 N–H and O–H groups in total. The molecule has 3 rings (SSSR count). The number of hydrogen-bond acceptors (Lipinski definition) is 4. The summed E-state index contributed by atoms with van der Waals surface area (Å²) >= 11 is 0. The smallest absolute Gasteiger partial charge is 0.309 e. The Bertz CT molecular complexity index is 626. The van der Waals surface area contributed by atoms with Crippen LogP contribution in [0.5, 0.6) is 0 Å². The molecular formula is C20H30O5. The van der Waals surface area contributed by atoms with Gasteiger partial charge in [0, 0.05) is 11.3 Å². The van der Waals surface area contributed by atoms with E-state index in [1.807, 2.05) is 19.9 Å². The van der Waals surface area contributed by atoms with Crippen molar-refractivity contribution in [2.24, 2.45) is 22.7 Å². The molecule has 1 heterocycles. The fourth-order valence-electron chi connectivity index (χ4n) is 5.97. The SMILES string of the molecule is C[C@@H]1C[C@@H](O)C2[C@](C)(CCC[C@]2(C)C(=O)O)[C@@]1(O)CCc1ccoc1. The molecule has 5 heteroatoms. The van der Waals surface area contributed by atoms with Crippen molar-refractivity contribution in [2.75, 3.05) is 0 Å². The number of aliphatic hydroxyl groups excluding tert-OH is 1. The molecule has 0 saturated heterocycles. The minimum atomic E-state index is -1.01. The lowest BCUT2D eigenvalue weighted by atomic mass is 9.43. The first-order chi connectivity index (χ1) is 11.6. The Morgan fingerprint density at radius 2 is 2.08 bits per heavy atom. The van der Waals surface area contributed by atoms with Crippen molar-refractivity contribution in [3.63, 3.8) is 0 Å². The van der Waals surface area contributed by atoms with Crippen LogP contribution in [0, 0.1) is 22.7 Å². The van der Waals surface area contributed by atoms with Gasteiger partial charge in [0.2, 0.25) is 0 Å². The minimum Gasteiger partial charge on any atom is -0.481 e. The average molecular weight is 350 g/mol. The van der Waals surface area contributed by atoms with Gasteiger partial charge in [0.15, 0.2) is 0 Å². The molecule has 1 aromatic heterocycles. The van der Waals surface area contributed by atoms with E-state index in [1.165, 1.54) is 0 Å². The van der Waals surface area contributed by atoms with E-state index in [0.29, 0.717) is 25.7 Å². The first-order valence-electron chi connectivity index (χ1n) is 9.30. The van der Waals surface area contributed by atoms with Crippen LogP contribution < -0.4 is 0 Å². The van der Waals surface area contributed by atoms with Crippen LogP contribution in [0.1, 0.15) is 58.4 Å². The predicted molar refractivity (Wildman–Crippen MR) is 93.0 cm³/mol. The van der Waals surface area contributed by atoms with E-state index in [1.54, 1.807) is 19.5 Å². The molecule has 6 atom stereocenters. The summed E-state index contributed by atoms with van der Waals surface area (Å²) in [5.41, 5.74) is -1.61. The Kier molecular flexibility index (Phi) is 4.53. The van der Waals surface area contributed by atoms with Gasteiger partial charge in [-0.15, -0.1) is 0 Å². The number of carboxylic acids is 1. The zero-order valence-corrected chi connectivity index (χ0v) is 15.4. The van der Waals surface area contributed by atoms with Gasteiger partial charge in [-0.25, -0.2) is 0 Å². The zero-order valence-electron chi connectivity index (χ0n) is 15.4. The molecule has 2 aliphatic carbocycles. The molecule has 0 aromatic carbocycles. The summed E-state index contributed by atoms with van der Waals surface area (Å²) in [7, 11) is 0. The molecule has 0 bridgehead atoms. The van der Waals surface area contributed by atoms with Crippen molar-refractivity contribution in [1.29, 1.82) is 0 Å². The molecule has 0 amide bonds. The van der Waals surface area contributed by atoms with Crippen molar-refractivity contribution < 1.29 is 24.5 Å². The summed E-state index contributed by atoms with van der Waals surface area (Å²) in [5.74, 6) is -1.40. The van der Waals surface area contributed by atoms with Crippen molar-refractivity contribution in [3.05, 3.63) is 24.2 Å². The monoisotopic (exact) mass is 350 g/mol. The Morgan fingerprint density at radius 1 is 1.36 bits per heavy atom. The number of hydrogen-bond donors (Lipinski definition) is 3. The highest BCUT2D eigenvalue weighted by Gasteiger charge is 2.66. The normalized spacial score (nSPS) is 44.3. The molecule has 0 spiro atoms. The quantitative estimate of drug-likeness (QED) is 0.775. The molecule has 140 valence electrons. The van der Waals surface area contributed by atoms with Crippen molar-refractivity contribution in [3.8, 4) is 0 Å². The van der Waals surface area contributed by atoms with Crippen LogP contribution in [0.15, 0.2) is 23.0 Å². The molecule has 1 aromatic rings. The maximum Gasteiger partial charge on any atom is 0.309 e. The fourth-order valence-corrected chi connectivity index (χ4v) is 5.97. The summed E-state index contributed by atoms with van der Waals surface area (Å²) in [4.78, 5) is 12.1. The molecule has 2 fully saturated rings. The lowest BCUT2D eigenvalue weighted by Gasteiger charge is -2.63. The predicted octanol–water partition coefficient (Wildman–Crippen LogP) is 3.24. The van der Waals surface area contributed by atoms with Crippen molar-refractivity contribution in [2.45, 2.75) is 71.0 Å². The lowest BCUT2D eigenvalue weighted by molar-refractivity contribution is -0.248. The number of aliphatic hydroxyl groups is 2. The number of fused-ring (bicyclic) bond motifs is 1. The van der Waals surface area contributed by atoms with Crippen LogP contribution in [0.25, 0.3) is 0 Å². The van der Waals surface area contributed by atoms with Crippen molar-refractivity contribution in [1.82, 2.24) is 0 Å². The second-order valence-corrected chi connectivity index (χ2v) is 8.73. The van der Waals surface area contributed by atoms with Crippen LogP contribution in [0.2, 0.25) is 0 Å². The highest BCUT2D eigenvalue weighted by atomic mass is 16.4. The van der Waals surface area contributed by atoms with Crippen LogP contribution >= 0.6 is 0 Å². The van der Waals surface area contributed by atoms with E-state index in [9.17, 15) is 20.1 Å². The van der Waals surface area contributed by atoms with E-state index in [-0.39, 0.29) is 5.92 Å². The van der Waals surface area contributed by atoms with Crippen molar-refractivity contribution >= 4 is 5.97 Å². The summed E-state index contributed by atoms with van der Waals surface area (Å²) < 4.78 is 5.13. The Balaban J connectivity index is 1.98. The molecule has 2 aliphatic rings. The van der Waals surface area contributed by atoms with Gasteiger partial charge in [-0.1, -0.05) is 20.3 Å². The van der Waals surface area contributed by atoms with Crippen LogP contribution in [0.4, 0.5) is 0 Å². The zero-order chi connectivity index (χ0) is 18.5. The van der Waals surface area contributed by atoms with Gasteiger partial charge < -0.3 is 19.7 Å². The van der Waals surface area contributed by atoms with Gasteiger partial charge in [0.25, 0.3) is 0 Å². The van der Waals surface area contributed by atoms with E-state index in [0.717, 1.165) is 18.4 Å². The second kappa shape index (κ2) is 6.13. The summed E-state index contributed by atoms with van der Waals surface area (Å²) in [6, 6.07) is 1.90. The summed E-state index contributed by atoms with van der Waals surface area (Å²) in [6.07, 6.45) is 6.32. The number of furan rings is 1. The van der Waals surface area contributed by atoms with Crippen LogP contribution in [-0.2, 0) is 11.2 Å². The summed E-state index contributed by atoms with van der Waals surface area (Å²) in [5, 5.41) is 32.5. The largest absolute Gasteiger partial charge is 0.481 e. The van der Waals surface area contributed by atoms with Gasteiger partial charge in [-0.05, 0) is 56.6 Å². The second-order valence-electron chi connectivity index (χ2n) is 8.73. The van der Waals surface area contributed by atoms with Gasteiger partial charge in [-0.3, -0.25) is 4.79 Å². The first kappa shape index (κ1) is 18.5. The number of aryl methyl sites for hydroxylation is 1. The highest BCUT2D eigenvalue weighted by Crippen LogP contribution is 2.63. The molecule has 2 saturated carbocycles. The molecule has 5 nitrogen and oxygen atoms in total. The molecule has 0 radical (unpaired) electrons. The molecular weight excluding hydrogens is 320 g/mol. The van der Waals surface area contributed by atoms with Crippen LogP contribution in [-0.4, -0.2) is 33.0 Å². The van der Waals surface area contributed by atoms with E-state index >= 15 is 0 Å². The maximum absolute atomic E-state index is 12.1. The third-order valence-corrected chi connectivity index (χ3v) is 7.41. The van der Waals surface area contributed by atoms with Gasteiger partial charge in [0.05, 0.1) is 29.6 Å². The molecule has 0 aliphatic heterocycles. The minimum absolute atomic E-state index is 0.0909. The molecule has 1 unspecified atom stereocenters. The fraction of sp³-hybridized carbons (Fsp3) is 0.750. The van der Waals surface area contributed by atoms with E-state index in [2.05, 4.69) is 0 Å². The number of aliphatic carboxylic acids is 1. The average Bonchev–Trinajstić information content (AvgIpc) is 3.04. The number of rotatable bonds is 4.